The predicted molar refractivity (Wildman–Crippen MR) is 60.3 cm³/mol. The molecular formula is C10H20O2S. The van der Waals surface area contributed by atoms with E-state index in [1.807, 2.05) is 0 Å². The van der Waals surface area contributed by atoms with Gasteiger partial charge in [-0.05, 0) is 24.7 Å². The number of hydrogen-bond donors (Lipinski definition) is 0. The first-order valence-electron chi connectivity index (χ1n) is 4.30. The first kappa shape index (κ1) is 12.6. The van der Waals surface area contributed by atoms with Crippen LogP contribution >= 0.6 is 10.0 Å². The van der Waals surface area contributed by atoms with Gasteiger partial charge in [-0.15, -0.1) is 0 Å². The van der Waals surface area contributed by atoms with Gasteiger partial charge in [0.1, 0.15) is 5.94 Å². The molecule has 0 aromatic carbocycles. The molecule has 78 valence electrons. The molecule has 0 spiro atoms. The van der Waals surface area contributed by atoms with E-state index in [0.717, 1.165) is 0 Å². The first-order chi connectivity index (χ1) is 5.77. The molecule has 2 nitrogen and oxygen atoms in total. The summed E-state index contributed by atoms with van der Waals surface area (Å²) in [7, 11) is -0.811. The second kappa shape index (κ2) is 4.70. The van der Waals surface area contributed by atoms with Crippen molar-refractivity contribution >= 4 is 16.0 Å². The lowest BCUT2D eigenvalue weighted by Crippen LogP contribution is -2.17. The molecule has 0 N–H and O–H groups in total. The summed E-state index contributed by atoms with van der Waals surface area (Å²) in [5.74, 6) is 0.261. The summed E-state index contributed by atoms with van der Waals surface area (Å²) >= 11 is 0. The lowest BCUT2D eigenvalue weighted by atomic mass is 10.4. The fourth-order valence-corrected chi connectivity index (χ4v) is 1.15. The van der Waals surface area contributed by atoms with Crippen LogP contribution in [0, 0.1) is 0 Å². The Morgan fingerprint density at radius 2 is 1.92 bits per heavy atom. The van der Waals surface area contributed by atoms with Gasteiger partial charge in [0, 0.05) is 5.57 Å². The van der Waals surface area contributed by atoms with E-state index < -0.39 is 10.0 Å². The first-order valence-corrected chi connectivity index (χ1v) is 6.98. The SMILES string of the molecule is C=C(C)C(=O)OCS(C)(C)C(C)C. The van der Waals surface area contributed by atoms with Gasteiger partial charge >= 0.3 is 5.97 Å². The monoisotopic (exact) mass is 204 g/mol. The molecule has 0 aliphatic rings. The highest BCUT2D eigenvalue weighted by Gasteiger charge is 2.18. The number of esters is 1. The van der Waals surface area contributed by atoms with Crippen molar-refractivity contribution in [1.82, 2.24) is 0 Å². The Morgan fingerprint density at radius 1 is 1.46 bits per heavy atom. The summed E-state index contributed by atoms with van der Waals surface area (Å²) in [6.07, 6.45) is 4.34. The van der Waals surface area contributed by atoms with Gasteiger partial charge in [-0.1, -0.05) is 20.4 Å². The molecule has 0 fully saturated rings. The van der Waals surface area contributed by atoms with Crippen molar-refractivity contribution in [1.29, 1.82) is 0 Å². The van der Waals surface area contributed by atoms with E-state index in [-0.39, 0.29) is 5.97 Å². The molecule has 0 amide bonds. The Kier molecular flexibility index (Phi) is 4.54. The van der Waals surface area contributed by atoms with Crippen molar-refractivity contribution in [2.75, 3.05) is 18.5 Å². The molecule has 0 aromatic heterocycles. The summed E-state index contributed by atoms with van der Waals surface area (Å²) in [6, 6.07) is 0. The van der Waals surface area contributed by atoms with Crippen molar-refractivity contribution in [3.63, 3.8) is 0 Å². The highest BCUT2D eigenvalue weighted by molar-refractivity contribution is 8.33. The fourth-order valence-electron chi connectivity index (χ4n) is 0.465. The molecule has 0 aromatic rings. The van der Waals surface area contributed by atoms with Crippen molar-refractivity contribution in [3.05, 3.63) is 12.2 Å². The van der Waals surface area contributed by atoms with Gasteiger partial charge in [0.25, 0.3) is 0 Å². The standard InChI is InChI=1S/C10H20O2S/c1-8(2)10(11)12-7-13(5,6)9(3)4/h9H,1,7H2,2-6H3. The van der Waals surface area contributed by atoms with Crippen LogP contribution in [0.3, 0.4) is 0 Å². The minimum absolute atomic E-state index is 0.277. The molecule has 0 aliphatic heterocycles. The summed E-state index contributed by atoms with van der Waals surface area (Å²) < 4.78 is 5.13. The average molecular weight is 204 g/mol. The van der Waals surface area contributed by atoms with E-state index in [4.69, 9.17) is 4.74 Å². The number of rotatable bonds is 4. The molecular weight excluding hydrogens is 184 g/mol. The number of carbonyl (C=O) groups is 1. The molecule has 0 rings (SSSR count). The molecule has 0 bridgehead atoms. The second-order valence-electron chi connectivity index (χ2n) is 4.00. The largest absolute Gasteiger partial charge is 0.453 e. The van der Waals surface area contributed by atoms with E-state index in [1.54, 1.807) is 6.92 Å². The minimum Gasteiger partial charge on any atom is -0.453 e. The maximum absolute atomic E-state index is 11.1. The fraction of sp³-hybridized carbons (Fsp3) is 0.700. The van der Waals surface area contributed by atoms with Crippen LogP contribution in [0.15, 0.2) is 12.2 Å². The Morgan fingerprint density at radius 3 is 2.23 bits per heavy atom. The topological polar surface area (TPSA) is 26.3 Å². The van der Waals surface area contributed by atoms with Crippen molar-refractivity contribution in [2.24, 2.45) is 0 Å². The lowest BCUT2D eigenvalue weighted by Gasteiger charge is -2.34. The van der Waals surface area contributed by atoms with Crippen LogP contribution in [-0.2, 0) is 9.53 Å². The molecule has 0 atom stereocenters. The number of hydrogen-bond acceptors (Lipinski definition) is 2. The Bertz CT molecular complexity index is 207. The van der Waals surface area contributed by atoms with Crippen molar-refractivity contribution < 1.29 is 9.53 Å². The lowest BCUT2D eigenvalue weighted by molar-refractivity contribution is -0.136. The highest BCUT2D eigenvalue weighted by Crippen LogP contribution is 2.44. The zero-order valence-corrected chi connectivity index (χ0v) is 10.0. The minimum atomic E-state index is -0.811. The van der Waals surface area contributed by atoms with E-state index >= 15 is 0 Å². The van der Waals surface area contributed by atoms with Gasteiger partial charge in [0.15, 0.2) is 0 Å². The predicted octanol–water partition coefficient (Wildman–Crippen LogP) is 2.54. The van der Waals surface area contributed by atoms with E-state index in [2.05, 4.69) is 32.9 Å². The van der Waals surface area contributed by atoms with E-state index in [9.17, 15) is 4.79 Å². The molecule has 0 saturated carbocycles. The number of carbonyl (C=O) groups excluding carboxylic acids is 1. The smallest absolute Gasteiger partial charge is 0.333 e. The third-order valence-corrected chi connectivity index (χ3v) is 5.40. The molecule has 13 heavy (non-hydrogen) atoms. The van der Waals surface area contributed by atoms with Crippen molar-refractivity contribution in [3.8, 4) is 0 Å². The van der Waals surface area contributed by atoms with Crippen LogP contribution < -0.4 is 0 Å². The van der Waals surface area contributed by atoms with Crippen LogP contribution in [0.25, 0.3) is 0 Å². The van der Waals surface area contributed by atoms with Crippen LogP contribution in [0.5, 0.6) is 0 Å². The maximum Gasteiger partial charge on any atom is 0.333 e. The van der Waals surface area contributed by atoms with Gasteiger partial charge < -0.3 is 4.74 Å². The summed E-state index contributed by atoms with van der Waals surface area (Å²) in [5, 5.41) is 0.574. The molecule has 0 heterocycles. The van der Waals surface area contributed by atoms with Gasteiger partial charge in [0.05, 0.1) is 0 Å². The zero-order valence-electron chi connectivity index (χ0n) is 9.22. The second-order valence-corrected chi connectivity index (χ2v) is 8.43. The van der Waals surface area contributed by atoms with Gasteiger partial charge in [0.2, 0.25) is 0 Å². The molecule has 0 saturated heterocycles. The van der Waals surface area contributed by atoms with Gasteiger partial charge in [-0.3, -0.25) is 0 Å². The molecule has 3 heteroatoms. The summed E-state index contributed by atoms with van der Waals surface area (Å²) in [6.45, 7) is 9.52. The Labute approximate surface area is 82.7 Å². The van der Waals surface area contributed by atoms with Crippen LogP contribution in [-0.4, -0.2) is 29.7 Å². The third-order valence-electron chi connectivity index (χ3n) is 2.12. The normalized spacial score (nSPS) is 12.8. The van der Waals surface area contributed by atoms with Crippen molar-refractivity contribution in [2.45, 2.75) is 26.0 Å². The average Bonchev–Trinajstić information content (AvgIpc) is 1.99. The molecule has 0 aliphatic carbocycles. The maximum atomic E-state index is 11.1. The highest BCUT2D eigenvalue weighted by atomic mass is 32.3. The summed E-state index contributed by atoms with van der Waals surface area (Å²) in [4.78, 5) is 11.1. The summed E-state index contributed by atoms with van der Waals surface area (Å²) in [5.41, 5.74) is 0.471. The molecule has 0 radical (unpaired) electrons. The van der Waals surface area contributed by atoms with Crippen LogP contribution in [0.4, 0.5) is 0 Å². The van der Waals surface area contributed by atoms with Crippen LogP contribution in [0.2, 0.25) is 0 Å². The zero-order chi connectivity index (χ0) is 10.6. The van der Waals surface area contributed by atoms with Crippen LogP contribution in [0.1, 0.15) is 20.8 Å². The molecule has 0 unspecified atom stereocenters. The quantitative estimate of drug-likeness (QED) is 0.519. The Hall–Kier alpha value is -0.440. The third kappa shape index (κ3) is 4.36. The van der Waals surface area contributed by atoms with E-state index in [1.165, 1.54) is 0 Å². The Balaban J connectivity index is 4.02. The van der Waals surface area contributed by atoms with E-state index in [0.29, 0.717) is 16.8 Å². The van der Waals surface area contributed by atoms with Gasteiger partial charge in [-0.2, -0.15) is 0 Å². The van der Waals surface area contributed by atoms with Gasteiger partial charge in [-0.25, -0.2) is 14.8 Å². The number of ether oxygens (including phenoxy) is 1.